The number of anilines is 1. The Morgan fingerprint density at radius 2 is 1.97 bits per heavy atom. The molecule has 0 radical (unpaired) electrons. The fourth-order valence-corrected chi connectivity index (χ4v) is 2.38. The van der Waals surface area contributed by atoms with Crippen molar-refractivity contribution in [3.63, 3.8) is 0 Å². The second kappa shape index (κ2) is 9.52. The monoisotopic (exact) mass is 414 g/mol. The van der Waals surface area contributed by atoms with Crippen LogP contribution < -0.4 is 15.8 Å². The average molecular weight is 415 g/mol. The van der Waals surface area contributed by atoms with Gasteiger partial charge in [0.25, 0.3) is 5.91 Å². The quantitative estimate of drug-likeness (QED) is 0.346. The number of pyridine rings is 1. The van der Waals surface area contributed by atoms with E-state index in [1.54, 1.807) is 36.4 Å². The second-order valence-corrected chi connectivity index (χ2v) is 6.19. The highest BCUT2D eigenvalue weighted by Crippen LogP contribution is 2.19. The SMILES string of the molecule is N/C(=N/OCC(=O)Nc1cccc(Cl)c1)c1ccc(Oc2ccc(F)cc2)nc1. The fraction of sp³-hybridized carbons (Fsp3) is 0.0500. The van der Waals surface area contributed by atoms with Crippen LogP contribution >= 0.6 is 11.6 Å². The number of nitrogens with two attached hydrogens (primary N) is 1. The standard InChI is InChI=1S/C20H16ClFN4O3/c21-14-2-1-3-16(10-14)25-18(27)12-28-26-20(23)13-4-9-19(24-11-13)29-17-7-5-15(22)6-8-17/h1-11H,12H2,(H2,23,26)(H,25,27). The zero-order valence-electron chi connectivity index (χ0n) is 15.0. The maximum atomic E-state index is 12.9. The number of oxime groups is 1. The molecule has 1 amide bonds. The van der Waals surface area contributed by atoms with E-state index in [0.717, 1.165) is 0 Å². The number of ether oxygens (including phenoxy) is 1. The summed E-state index contributed by atoms with van der Waals surface area (Å²) < 4.78 is 18.4. The number of benzene rings is 2. The maximum absolute atomic E-state index is 12.9. The molecule has 0 unspecified atom stereocenters. The second-order valence-electron chi connectivity index (χ2n) is 5.75. The van der Waals surface area contributed by atoms with E-state index >= 15 is 0 Å². The van der Waals surface area contributed by atoms with Crippen molar-refractivity contribution in [3.05, 3.63) is 83.3 Å². The lowest BCUT2D eigenvalue weighted by molar-refractivity contribution is -0.120. The lowest BCUT2D eigenvalue weighted by Gasteiger charge is -2.06. The molecule has 0 spiro atoms. The van der Waals surface area contributed by atoms with E-state index in [0.29, 0.717) is 27.9 Å². The minimum atomic E-state index is -0.412. The first-order valence-corrected chi connectivity index (χ1v) is 8.78. The number of hydrogen-bond acceptors (Lipinski definition) is 5. The predicted octanol–water partition coefficient (Wildman–Crippen LogP) is 3.94. The van der Waals surface area contributed by atoms with Gasteiger partial charge in [-0.25, -0.2) is 9.37 Å². The van der Waals surface area contributed by atoms with Gasteiger partial charge in [-0.2, -0.15) is 0 Å². The molecule has 29 heavy (non-hydrogen) atoms. The smallest absolute Gasteiger partial charge is 0.265 e. The molecule has 7 nitrogen and oxygen atoms in total. The Morgan fingerprint density at radius 3 is 2.66 bits per heavy atom. The Hall–Kier alpha value is -3.65. The summed E-state index contributed by atoms with van der Waals surface area (Å²) in [4.78, 5) is 20.9. The molecule has 0 fully saturated rings. The van der Waals surface area contributed by atoms with Gasteiger partial charge in [0.2, 0.25) is 5.88 Å². The van der Waals surface area contributed by atoms with Gasteiger partial charge in [-0.1, -0.05) is 22.8 Å². The number of aromatic nitrogens is 1. The fourth-order valence-electron chi connectivity index (χ4n) is 2.19. The highest BCUT2D eigenvalue weighted by molar-refractivity contribution is 6.30. The molecule has 148 valence electrons. The van der Waals surface area contributed by atoms with Crippen molar-refractivity contribution in [2.45, 2.75) is 0 Å². The van der Waals surface area contributed by atoms with Crippen molar-refractivity contribution >= 4 is 29.0 Å². The summed E-state index contributed by atoms with van der Waals surface area (Å²) in [6.07, 6.45) is 1.44. The Balaban J connectivity index is 1.51. The largest absolute Gasteiger partial charge is 0.439 e. The first-order chi connectivity index (χ1) is 14.0. The lowest BCUT2D eigenvalue weighted by Crippen LogP contribution is -2.19. The van der Waals surface area contributed by atoms with Crippen LogP contribution in [0.1, 0.15) is 5.56 Å². The van der Waals surface area contributed by atoms with E-state index in [-0.39, 0.29) is 18.3 Å². The summed E-state index contributed by atoms with van der Waals surface area (Å²) in [5.41, 5.74) is 6.85. The summed E-state index contributed by atoms with van der Waals surface area (Å²) in [7, 11) is 0. The number of nitrogens with zero attached hydrogens (tertiary/aromatic N) is 2. The Labute approximate surface area is 170 Å². The molecule has 2 aromatic carbocycles. The van der Waals surface area contributed by atoms with Gasteiger partial charge in [0, 0.05) is 28.5 Å². The topological polar surface area (TPSA) is 98.8 Å². The van der Waals surface area contributed by atoms with Crippen molar-refractivity contribution in [1.29, 1.82) is 0 Å². The van der Waals surface area contributed by atoms with Crippen molar-refractivity contribution in [2.24, 2.45) is 10.9 Å². The molecule has 0 saturated heterocycles. The molecule has 0 atom stereocenters. The number of carbonyl (C=O) groups is 1. The van der Waals surface area contributed by atoms with Crippen LogP contribution in [0.5, 0.6) is 11.6 Å². The van der Waals surface area contributed by atoms with E-state index in [1.807, 2.05) is 0 Å². The normalized spacial score (nSPS) is 11.0. The van der Waals surface area contributed by atoms with Crippen LogP contribution in [0.25, 0.3) is 0 Å². The summed E-state index contributed by atoms with van der Waals surface area (Å²) in [6, 6.07) is 15.5. The first kappa shape index (κ1) is 20.1. The van der Waals surface area contributed by atoms with E-state index in [4.69, 9.17) is 26.9 Å². The van der Waals surface area contributed by atoms with Crippen molar-refractivity contribution < 1.29 is 18.8 Å². The van der Waals surface area contributed by atoms with Gasteiger partial charge in [-0.05, 0) is 48.5 Å². The van der Waals surface area contributed by atoms with Crippen LogP contribution in [0.4, 0.5) is 10.1 Å². The van der Waals surface area contributed by atoms with E-state index in [9.17, 15) is 9.18 Å². The lowest BCUT2D eigenvalue weighted by atomic mass is 10.3. The predicted molar refractivity (Wildman–Crippen MR) is 107 cm³/mol. The van der Waals surface area contributed by atoms with Crippen LogP contribution in [0.3, 0.4) is 0 Å². The summed E-state index contributed by atoms with van der Waals surface area (Å²) in [6.45, 7) is -0.327. The molecule has 3 N–H and O–H groups in total. The van der Waals surface area contributed by atoms with Crippen LogP contribution in [-0.2, 0) is 9.63 Å². The number of amidine groups is 1. The van der Waals surface area contributed by atoms with Gasteiger partial charge in [-0.3, -0.25) is 4.79 Å². The zero-order chi connectivity index (χ0) is 20.6. The molecule has 9 heteroatoms. The maximum Gasteiger partial charge on any atom is 0.265 e. The van der Waals surface area contributed by atoms with Gasteiger partial charge >= 0.3 is 0 Å². The van der Waals surface area contributed by atoms with E-state index in [1.165, 1.54) is 30.5 Å². The highest BCUT2D eigenvalue weighted by atomic mass is 35.5. The van der Waals surface area contributed by atoms with Gasteiger partial charge in [0.15, 0.2) is 12.4 Å². The molecule has 1 aromatic heterocycles. The third-order valence-electron chi connectivity index (χ3n) is 3.54. The third-order valence-corrected chi connectivity index (χ3v) is 3.77. The molecule has 0 aliphatic carbocycles. The number of nitrogens with one attached hydrogen (secondary N) is 1. The van der Waals surface area contributed by atoms with E-state index < -0.39 is 5.91 Å². The van der Waals surface area contributed by atoms with Crippen LogP contribution in [0, 0.1) is 5.82 Å². The minimum Gasteiger partial charge on any atom is -0.439 e. The minimum absolute atomic E-state index is 0.0430. The number of carbonyl (C=O) groups excluding carboxylic acids is 1. The summed E-state index contributed by atoms with van der Waals surface area (Å²) in [5, 5.41) is 6.83. The summed E-state index contributed by atoms with van der Waals surface area (Å²) in [5.74, 6) is 0.0228. The Morgan fingerprint density at radius 1 is 1.17 bits per heavy atom. The van der Waals surface area contributed by atoms with Crippen molar-refractivity contribution in [3.8, 4) is 11.6 Å². The highest BCUT2D eigenvalue weighted by Gasteiger charge is 2.06. The number of amides is 1. The van der Waals surface area contributed by atoms with Crippen LogP contribution in [0.2, 0.25) is 5.02 Å². The Bertz CT molecular complexity index is 1010. The molecule has 0 aliphatic rings. The average Bonchev–Trinajstić information content (AvgIpc) is 2.70. The van der Waals surface area contributed by atoms with Crippen LogP contribution in [-0.4, -0.2) is 23.3 Å². The molecular weight excluding hydrogens is 399 g/mol. The molecular formula is C20H16ClFN4O3. The zero-order valence-corrected chi connectivity index (χ0v) is 15.8. The number of rotatable bonds is 7. The number of hydrogen-bond donors (Lipinski definition) is 2. The van der Waals surface area contributed by atoms with Gasteiger partial charge < -0.3 is 20.6 Å². The Kier molecular flexibility index (Phi) is 6.59. The van der Waals surface area contributed by atoms with Crippen molar-refractivity contribution in [1.82, 2.24) is 4.98 Å². The summed E-state index contributed by atoms with van der Waals surface area (Å²) >= 11 is 5.85. The molecule has 3 aromatic rings. The molecule has 3 rings (SSSR count). The molecule has 0 saturated carbocycles. The number of halogens is 2. The van der Waals surface area contributed by atoms with Gasteiger partial charge in [0.1, 0.15) is 11.6 Å². The molecule has 0 bridgehead atoms. The van der Waals surface area contributed by atoms with Gasteiger partial charge in [-0.15, -0.1) is 0 Å². The van der Waals surface area contributed by atoms with Crippen molar-refractivity contribution in [2.75, 3.05) is 11.9 Å². The third kappa shape index (κ3) is 6.18. The first-order valence-electron chi connectivity index (χ1n) is 8.40. The molecule has 1 heterocycles. The van der Waals surface area contributed by atoms with E-state index in [2.05, 4.69) is 15.5 Å². The van der Waals surface area contributed by atoms with Gasteiger partial charge in [0.05, 0.1) is 0 Å². The van der Waals surface area contributed by atoms with Crippen LogP contribution in [0.15, 0.2) is 72.0 Å². The molecule has 0 aliphatic heterocycles.